The summed E-state index contributed by atoms with van der Waals surface area (Å²) in [4.78, 5) is 12.0. The van der Waals surface area contributed by atoms with Crippen molar-refractivity contribution in [1.29, 1.82) is 0 Å². The molecule has 24 heavy (non-hydrogen) atoms. The lowest BCUT2D eigenvalue weighted by molar-refractivity contribution is -0.121. The molecular formula is C19H27N3O2. The van der Waals surface area contributed by atoms with E-state index in [0.29, 0.717) is 25.3 Å². The van der Waals surface area contributed by atoms with Crippen LogP contribution in [0.1, 0.15) is 60.4 Å². The van der Waals surface area contributed by atoms with Gasteiger partial charge < -0.3 is 15.6 Å². The van der Waals surface area contributed by atoms with Gasteiger partial charge in [0, 0.05) is 24.6 Å². The second-order valence-corrected chi connectivity index (χ2v) is 6.53. The van der Waals surface area contributed by atoms with E-state index in [1.807, 2.05) is 26.0 Å². The summed E-state index contributed by atoms with van der Waals surface area (Å²) >= 11 is 0. The van der Waals surface area contributed by atoms with Crippen LogP contribution < -0.4 is 11.1 Å². The number of hydrogen-bond donors (Lipinski definition) is 2. The third kappa shape index (κ3) is 4.68. The molecular weight excluding hydrogens is 302 g/mol. The average molecular weight is 329 g/mol. The zero-order chi connectivity index (χ0) is 17.7. The van der Waals surface area contributed by atoms with Gasteiger partial charge in [-0.05, 0) is 37.3 Å². The fourth-order valence-electron chi connectivity index (χ4n) is 2.66. The zero-order valence-corrected chi connectivity index (χ0v) is 14.9. The summed E-state index contributed by atoms with van der Waals surface area (Å²) in [6.07, 6.45) is 1.03. The van der Waals surface area contributed by atoms with Crippen molar-refractivity contribution in [1.82, 2.24) is 10.5 Å². The van der Waals surface area contributed by atoms with Gasteiger partial charge in [0.15, 0.2) is 0 Å². The zero-order valence-electron chi connectivity index (χ0n) is 14.9. The van der Waals surface area contributed by atoms with Crippen molar-refractivity contribution in [2.75, 3.05) is 6.54 Å². The normalized spacial score (nSPS) is 12.4. The Morgan fingerprint density at radius 3 is 2.38 bits per heavy atom. The molecule has 0 spiro atoms. The molecule has 1 aromatic heterocycles. The molecule has 0 bridgehead atoms. The van der Waals surface area contributed by atoms with Gasteiger partial charge in [0.1, 0.15) is 5.76 Å². The summed E-state index contributed by atoms with van der Waals surface area (Å²) in [5.41, 5.74) is 10.4. The lowest BCUT2D eigenvalue weighted by Crippen LogP contribution is -2.32. The molecule has 2 rings (SSSR count). The lowest BCUT2D eigenvalue weighted by atomic mass is 9.99. The van der Waals surface area contributed by atoms with Crippen molar-refractivity contribution >= 4 is 5.91 Å². The smallest absolute Gasteiger partial charge is 0.220 e. The topological polar surface area (TPSA) is 81.2 Å². The minimum absolute atomic E-state index is 0.00995. The molecule has 0 saturated heterocycles. The number of nitrogens with zero attached hydrogens (tertiary/aromatic N) is 1. The number of nitrogens with one attached hydrogen (secondary N) is 1. The van der Waals surface area contributed by atoms with Crippen LogP contribution >= 0.6 is 0 Å². The summed E-state index contributed by atoms with van der Waals surface area (Å²) in [5, 5.41) is 6.81. The highest BCUT2D eigenvalue weighted by Crippen LogP contribution is 2.17. The summed E-state index contributed by atoms with van der Waals surface area (Å²) < 4.78 is 5.11. The molecule has 5 heteroatoms. The van der Waals surface area contributed by atoms with Crippen molar-refractivity contribution in [3.63, 3.8) is 0 Å². The highest BCUT2D eigenvalue weighted by molar-refractivity contribution is 5.76. The lowest BCUT2D eigenvalue weighted by Gasteiger charge is -2.14. The number of hydrogen-bond acceptors (Lipinski definition) is 4. The molecule has 1 atom stereocenters. The Balaban J connectivity index is 1.80. The van der Waals surface area contributed by atoms with Crippen LogP contribution in [-0.4, -0.2) is 17.6 Å². The Hall–Kier alpha value is -2.14. The van der Waals surface area contributed by atoms with E-state index in [-0.39, 0.29) is 11.9 Å². The van der Waals surface area contributed by atoms with Gasteiger partial charge in [-0.2, -0.15) is 0 Å². The first-order valence-electron chi connectivity index (χ1n) is 8.42. The maximum Gasteiger partial charge on any atom is 0.220 e. The maximum absolute atomic E-state index is 12.0. The van der Waals surface area contributed by atoms with Crippen molar-refractivity contribution in [2.24, 2.45) is 5.73 Å². The fraction of sp³-hybridized carbons (Fsp3) is 0.474. The molecule has 3 N–H and O–H groups in total. The monoisotopic (exact) mass is 329 g/mol. The van der Waals surface area contributed by atoms with E-state index in [2.05, 4.69) is 36.5 Å². The SMILES string of the molecule is Cc1noc(C)c1CCC(=O)NCC(N)c1ccc(C(C)C)cc1. The van der Waals surface area contributed by atoms with E-state index in [4.69, 9.17) is 10.3 Å². The molecule has 1 aromatic carbocycles. The molecule has 0 aliphatic rings. The Kier molecular flexibility index (Phi) is 6.15. The number of aromatic nitrogens is 1. The van der Waals surface area contributed by atoms with Crippen LogP contribution in [0.4, 0.5) is 0 Å². The highest BCUT2D eigenvalue weighted by Gasteiger charge is 2.12. The number of aryl methyl sites for hydroxylation is 2. The molecule has 5 nitrogen and oxygen atoms in total. The summed E-state index contributed by atoms with van der Waals surface area (Å²) in [7, 11) is 0. The molecule has 1 heterocycles. The predicted molar refractivity (Wildman–Crippen MR) is 94.8 cm³/mol. The Morgan fingerprint density at radius 1 is 1.21 bits per heavy atom. The van der Waals surface area contributed by atoms with Gasteiger partial charge in [-0.15, -0.1) is 0 Å². The number of benzene rings is 1. The van der Waals surface area contributed by atoms with Gasteiger partial charge in [-0.1, -0.05) is 43.3 Å². The van der Waals surface area contributed by atoms with Gasteiger partial charge in [0.05, 0.1) is 5.69 Å². The van der Waals surface area contributed by atoms with Crippen molar-refractivity contribution < 1.29 is 9.32 Å². The first-order chi connectivity index (χ1) is 11.4. The average Bonchev–Trinajstić information content (AvgIpc) is 2.89. The Labute approximate surface area is 143 Å². The van der Waals surface area contributed by atoms with E-state index < -0.39 is 0 Å². The Morgan fingerprint density at radius 2 is 1.83 bits per heavy atom. The standard InChI is InChI=1S/C19H27N3O2/c1-12(2)15-5-7-16(8-6-15)18(20)11-21-19(23)10-9-17-13(3)22-24-14(17)4/h5-8,12,18H,9-11,20H2,1-4H3,(H,21,23). The number of amides is 1. The largest absolute Gasteiger partial charge is 0.361 e. The molecule has 130 valence electrons. The summed E-state index contributed by atoms with van der Waals surface area (Å²) in [5.74, 6) is 1.27. The molecule has 1 amide bonds. The summed E-state index contributed by atoms with van der Waals surface area (Å²) in [6.45, 7) is 8.51. The molecule has 0 fully saturated rings. The second kappa shape index (κ2) is 8.11. The van der Waals surface area contributed by atoms with E-state index in [0.717, 1.165) is 22.6 Å². The Bertz CT molecular complexity index is 655. The molecule has 0 saturated carbocycles. The van der Waals surface area contributed by atoms with E-state index >= 15 is 0 Å². The number of rotatable bonds is 7. The first-order valence-corrected chi connectivity index (χ1v) is 8.42. The van der Waals surface area contributed by atoms with Crippen molar-refractivity contribution in [3.8, 4) is 0 Å². The van der Waals surface area contributed by atoms with Crippen LogP contribution in [-0.2, 0) is 11.2 Å². The number of carbonyl (C=O) groups excluding carboxylic acids is 1. The van der Waals surface area contributed by atoms with Crippen molar-refractivity contribution in [2.45, 2.75) is 52.5 Å². The van der Waals surface area contributed by atoms with E-state index in [9.17, 15) is 4.79 Å². The minimum atomic E-state index is -0.200. The van der Waals surface area contributed by atoms with Gasteiger partial charge in [0.2, 0.25) is 5.91 Å². The van der Waals surface area contributed by atoms with Crippen LogP contribution in [0.2, 0.25) is 0 Å². The van der Waals surface area contributed by atoms with E-state index in [1.54, 1.807) is 0 Å². The first kappa shape index (κ1) is 18.2. The van der Waals surface area contributed by atoms with Gasteiger partial charge in [-0.3, -0.25) is 4.79 Å². The highest BCUT2D eigenvalue weighted by atomic mass is 16.5. The minimum Gasteiger partial charge on any atom is -0.361 e. The van der Waals surface area contributed by atoms with Gasteiger partial charge in [-0.25, -0.2) is 0 Å². The summed E-state index contributed by atoms with van der Waals surface area (Å²) in [6, 6.07) is 8.07. The molecule has 1 unspecified atom stereocenters. The molecule has 2 aromatic rings. The third-order valence-corrected chi connectivity index (χ3v) is 4.33. The number of nitrogens with two attached hydrogens (primary N) is 1. The van der Waals surface area contributed by atoms with Crippen LogP contribution in [0.5, 0.6) is 0 Å². The fourth-order valence-corrected chi connectivity index (χ4v) is 2.66. The van der Waals surface area contributed by atoms with Crippen LogP contribution in [0.15, 0.2) is 28.8 Å². The van der Waals surface area contributed by atoms with Crippen LogP contribution in [0.3, 0.4) is 0 Å². The van der Waals surface area contributed by atoms with Crippen LogP contribution in [0, 0.1) is 13.8 Å². The quantitative estimate of drug-likeness (QED) is 0.817. The van der Waals surface area contributed by atoms with E-state index in [1.165, 1.54) is 5.56 Å². The second-order valence-electron chi connectivity index (χ2n) is 6.53. The molecule has 0 radical (unpaired) electrons. The maximum atomic E-state index is 12.0. The predicted octanol–water partition coefficient (Wildman–Crippen LogP) is 3.16. The van der Waals surface area contributed by atoms with Crippen LogP contribution in [0.25, 0.3) is 0 Å². The number of carbonyl (C=O) groups is 1. The molecule has 0 aliphatic carbocycles. The molecule has 0 aliphatic heterocycles. The van der Waals surface area contributed by atoms with Gasteiger partial charge in [0.25, 0.3) is 0 Å². The van der Waals surface area contributed by atoms with Crippen molar-refractivity contribution in [3.05, 3.63) is 52.4 Å². The third-order valence-electron chi connectivity index (χ3n) is 4.33. The van der Waals surface area contributed by atoms with Gasteiger partial charge >= 0.3 is 0 Å².